The molecule has 16 heavy (non-hydrogen) atoms. The Morgan fingerprint density at radius 2 is 2.44 bits per heavy atom. The van der Waals surface area contributed by atoms with Gasteiger partial charge in [-0.3, -0.25) is 0 Å². The lowest BCUT2D eigenvalue weighted by Gasteiger charge is -2.33. The van der Waals surface area contributed by atoms with Crippen molar-refractivity contribution in [2.75, 3.05) is 30.3 Å². The van der Waals surface area contributed by atoms with Crippen molar-refractivity contribution in [3.05, 3.63) is 11.2 Å². The lowest BCUT2D eigenvalue weighted by molar-refractivity contribution is 0.0382. The van der Waals surface area contributed by atoms with E-state index in [1.54, 1.807) is 6.07 Å². The monoisotopic (exact) mass is 242 g/mol. The molecule has 0 aliphatic carbocycles. The SMILES string of the molecule is CC[C@@H]1CN(c2cc(Cl)nc(N)n2)CCO1. The third-order valence-corrected chi connectivity index (χ3v) is 2.81. The molecule has 1 saturated heterocycles. The molecule has 1 aromatic heterocycles. The highest BCUT2D eigenvalue weighted by Gasteiger charge is 2.20. The molecule has 2 rings (SSSR count). The van der Waals surface area contributed by atoms with Crippen LogP contribution < -0.4 is 10.6 Å². The molecule has 0 spiro atoms. The van der Waals surface area contributed by atoms with E-state index in [9.17, 15) is 0 Å². The van der Waals surface area contributed by atoms with Crippen LogP contribution in [-0.4, -0.2) is 35.8 Å². The Balaban J connectivity index is 2.16. The van der Waals surface area contributed by atoms with Crippen molar-refractivity contribution >= 4 is 23.4 Å². The van der Waals surface area contributed by atoms with E-state index in [1.807, 2.05) is 0 Å². The van der Waals surface area contributed by atoms with Crippen LogP contribution >= 0.6 is 11.6 Å². The van der Waals surface area contributed by atoms with Gasteiger partial charge in [-0.05, 0) is 6.42 Å². The van der Waals surface area contributed by atoms with Gasteiger partial charge in [0.2, 0.25) is 5.95 Å². The van der Waals surface area contributed by atoms with Crippen molar-refractivity contribution < 1.29 is 4.74 Å². The fourth-order valence-corrected chi connectivity index (χ4v) is 1.94. The highest BCUT2D eigenvalue weighted by atomic mass is 35.5. The maximum absolute atomic E-state index is 5.85. The van der Waals surface area contributed by atoms with E-state index in [1.165, 1.54) is 0 Å². The number of hydrogen-bond acceptors (Lipinski definition) is 5. The average Bonchev–Trinajstić information content (AvgIpc) is 2.28. The molecule has 0 aromatic carbocycles. The summed E-state index contributed by atoms with van der Waals surface area (Å²) in [6.07, 6.45) is 1.24. The topological polar surface area (TPSA) is 64.3 Å². The third kappa shape index (κ3) is 2.54. The van der Waals surface area contributed by atoms with Gasteiger partial charge in [0, 0.05) is 19.2 Å². The number of ether oxygens (including phenoxy) is 1. The summed E-state index contributed by atoms with van der Waals surface area (Å²) in [4.78, 5) is 10.1. The second-order valence-electron chi connectivity index (χ2n) is 3.75. The smallest absolute Gasteiger partial charge is 0.223 e. The first-order valence-corrected chi connectivity index (χ1v) is 5.73. The number of morpholine rings is 1. The third-order valence-electron chi connectivity index (χ3n) is 2.62. The normalized spacial score (nSPS) is 21.1. The maximum Gasteiger partial charge on any atom is 0.223 e. The zero-order chi connectivity index (χ0) is 11.5. The van der Waals surface area contributed by atoms with E-state index in [4.69, 9.17) is 22.1 Å². The predicted octanol–water partition coefficient (Wildman–Crippen LogP) is 1.33. The first-order chi connectivity index (χ1) is 7.69. The molecule has 1 atom stereocenters. The van der Waals surface area contributed by atoms with E-state index in [0.717, 1.165) is 25.3 Å². The number of rotatable bonds is 2. The van der Waals surface area contributed by atoms with Gasteiger partial charge in [0.1, 0.15) is 11.0 Å². The summed E-state index contributed by atoms with van der Waals surface area (Å²) in [5, 5.41) is 0.377. The number of hydrogen-bond donors (Lipinski definition) is 1. The molecule has 1 fully saturated rings. The number of anilines is 2. The van der Waals surface area contributed by atoms with Crippen LogP contribution in [0.3, 0.4) is 0 Å². The van der Waals surface area contributed by atoms with Crippen LogP contribution in [0.2, 0.25) is 5.15 Å². The van der Waals surface area contributed by atoms with E-state index < -0.39 is 0 Å². The molecule has 0 unspecified atom stereocenters. The minimum atomic E-state index is 0.210. The molecule has 2 N–H and O–H groups in total. The predicted molar refractivity (Wildman–Crippen MR) is 63.7 cm³/mol. The minimum absolute atomic E-state index is 0.210. The van der Waals surface area contributed by atoms with Gasteiger partial charge in [-0.1, -0.05) is 18.5 Å². The minimum Gasteiger partial charge on any atom is -0.375 e. The Morgan fingerprint density at radius 3 is 3.12 bits per heavy atom. The van der Waals surface area contributed by atoms with Crippen molar-refractivity contribution in [2.45, 2.75) is 19.4 Å². The maximum atomic E-state index is 5.85. The number of nitrogens with two attached hydrogens (primary N) is 1. The van der Waals surface area contributed by atoms with Gasteiger partial charge >= 0.3 is 0 Å². The summed E-state index contributed by atoms with van der Waals surface area (Å²) >= 11 is 5.85. The van der Waals surface area contributed by atoms with E-state index >= 15 is 0 Å². The summed E-state index contributed by atoms with van der Waals surface area (Å²) in [7, 11) is 0. The molecule has 2 heterocycles. The van der Waals surface area contributed by atoms with Gasteiger partial charge in [0.15, 0.2) is 0 Å². The lowest BCUT2D eigenvalue weighted by atomic mass is 10.2. The first-order valence-electron chi connectivity index (χ1n) is 5.35. The summed E-state index contributed by atoms with van der Waals surface area (Å²) in [6.45, 7) is 4.45. The van der Waals surface area contributed by atoms with Crippen LogP contribution in [0.4, 0.5) is 11.8 Å². The standard InChI is InChI=1S/C10H15ClN4O/c1-2-7-6-15(3-4-16-7)9-5-8(11)13-10(12)14-9/h5,7H,2-4,6H2,1H3,(H2,12,13,14)/t7-/m1/s1. The molecule has 1 aliphatic rings. The zero-order valence-electron chi connectivity index (χ0n) is 9.19. The summed E-state index contributed by atoms with van der Waals surface area (Å²) in [6, 6.07) is 1.73. The molecule has 1 aliphatic heterocycles. The molecule has 0 saturated carbocycles. The van der Waals surface area contributed by atoms with Crippen LogP contribution in [0, 0.1) is 0 Å². The van der Waals surface area contributed by atoms with Gasteiger partial charge in [-0.2, -0.15) is 4.98 Å². The van der Waals surface area contributed by atoms with Crippen LogP contribution in [0.15, 0.2) is 6.07 Å². The van der Waals surface area contributed by atoms with Gasteiger partial charge in [-0.25, -0.2) is 4.98 Å². The van der Waals surface area contributed by atoms with E-state index in [0.29, 0.717) is 11.8 Å². The average molecular weight is 243 g/mol. The zero-order valence-corrected chi connectivity index (χ0v) is 9.94. The summed E-state index contributed by atoms with van der Waals surface area (Å²) in [5.74, 6) is 0.987. The molecule has 0 bridgehead atoms. The highest BCUT2D eigenvalue weighted by Crippen LogP contribution is 2.20. The molecule has 5 nitrogen and oxygen atoms in total. The second-order valence-corrected chi connectivity index (χ2v) is 4.14. The number of aromatic nitrogens is 2. The van der Waals surface area contributed by atoms with E-state index in [2.05, 4.69) is 21.8 Å². The van der Waals surface area contributed by atoms with Crippen LogP contribution in [0.25, 0.3) is 0 Å². The molecule has 6 heteroatoms. The van der Waals surface area contributed by atoms with E-state index in [-0.39, 0.29) is 12.1 Å². The Kier molecular flexibility index (Phi) is 3.46. The van der Waals surface area contributed by atoms with Gasteiger partial charge < -0.3 is 15.4 Å². The van der Waals surface area contributed by atoms with Crippen molar-refractivity contribution in [1.82, 2.24) is 9.97 Å². The van der Waals surface area contributed by atoms with Crippen LogP contribution in [0.5, 0.6) is 0 Å². The molecule has 88 valence electrons. The van der Waals surface area contributed by atoms with Crippen molar-refractivity contribution in [3.8, 4) is 0 Å². The summed E-state index contributed by atoms with van der Waals surface area (Å²) in [5.41, 5.74) is 5.57. The Hall–Kier alpha value is -1.07. The van der Waals surface area contributed by atoms with Gasteiger partial charge in [0.25, 0.3) is 0 Å². The fourth-order valence-electron chi connectivity index (χ4n) is 1.76. The molecular formula is C10H15ClN4O. The largest absolute Gasteiger partial charge is 0.375 e. The number of nitrogens with zero attached hydrogens (tertiary/aromatic N) is 3. The van der Waals surface area contributed by atoms with Gasteiger partial charge in [-0.15, -0.1) is 0 Å². The number of nitrogen functional groups attached to an aromatic ring is 1. The molecule has 1 aromatic rings. The molecular weight excluding hydrogens is 228 g/mol. The van der Waals surface area contributed by atoms with Crippen molar-refractivity contribution in [3.63, 3.8) is 0 Å². The van der Waals surface area contributed by atoms with Gasteiger partial charge in [0.05, 0.1) is 12.7 Å². The second kappa shape index (κ2) is 4.84. The number of halogens is 1. The quantitative estimate of drug-likeness (QED) is 0.793. The van der Waals surface area contributed by atoms with Crippen molar-refractivity contribution in [2.24, 2.45) is 0 Å². The van der Waals surface area contributed by atoms with Crippen molar-refractivity contribution in [1.29, 1.82) is 0 Å². The Bertz CT molecular complexity index is 354. The fraction of sp³-hybridized carbons (Fsp3) is 0.600. The molecule has 0 amide bonds. The lowest BCUT2D eigenvalue weighted by Crippen LogP contribution is -2.42. The summed E-state index contributed by atoms with van der Waals surface area (Å²) < 4.78 is 5.59. The van der Waals surface area contributed by atoms with Crippen LogP contribution in [-0.2, 0) is 4.74 Å². The first kappa shape index (κ1) is 11.4. The van der Waals surface area contributed by atoms with Crippen LogP contribution in [0.1, 0.15) is 13.3 Å². The molecule has 0 radical (unpaired) electrons. The Labute approximate surface area is 99.6 Å². The highest BCUT2D eigenvalue weighted by molar-refractivity contribution is 6.29. The Morgan fingerprint density at radius 1 is 1.62 bits per heavy atom.